The van der Waals surface area contributed by atoms with Crippen LogP contribution >= 0.6 is 0 Å². The number of hydrogen-bond acceptors (Lipinski definition) is 3. The first-order valence-corrected chi connectivity index (χ1v) is 5.56. The molecular weight excluding hydrogens is 206 g/mol. The van der Waals surface area contributed by atoms with Gasteiger partial charge >= 0.3 is 0 Å². The number of rotatable bonds is 4. The molecule has 4 heteroatoms. The summed E-state index contributed by atoms with van der Waals surface area (Å²) in [4.78, 5) is 11.3. The van der Waals surface area contributed by atoms with Gasteiger partial charge in [-0.25, -0.2) is 0 Å². The quantitative estimate of drug-likeness (QED) is 0.812. The van der Waals surface area contributed by atoms with Crippen LogP contribution in [0, 0.1) is 5.92 Å². The SMILES string of the molecule is CCc1c(O)c(=O)ccn1[C@@H](CO)C(C)C. The predicted octanol–water partition coefficient (Wildman–Crippen LogP) is 1.31. The molecule has 16 heavy (non-hydrogen) atoms. The molecule has 1 aromatic rings. The zero-order chi connectivity index (χ0) is 12.3. The molecule has 0 aliphatic carbocycles. The highest BCUT2D eigenvalue weighted by molar-refractivity contribution is 5.27. The first-order chi connectivity index (χ1) is 7.52. The Labute approximate surface area is 95.2 Å². The maximum absolute atomic E-state index is 11.3. The summed E-state index contributed by atoms with van der Waals surface area (Å²) < 4.78 is 1.79. The second-order valence-corrected chi connectivity index (χ2v) is 4.23. The molecule has 1 aromatic heterocycles. The smallest absolute Gasteiger partial charge is 0.223 e. The van der Waals surface area contributed by atoms with Crippen molar-refractivity contribution >= 4 is 0 Å². The van der Waals surface area contributed by atoms with Gasteiger partial charge in [-0.05, 0) is 12.3 Å². The maximum Gasteiger partial charge on any atom is 0.223 e. The molecule has 0 spiro atoms. The summed E-state index contributed by atoms with van der Waals surface area (Å²) in [5.74, 6) is 0.0290. The van der Waals surface area contributed by atoms with Gasteiger partial charge in [0.2, 0.25) is 5.43 Å². The molecule has 0 saturated heterocycles. The lowest BCUT2D eigenvalue weighted by Crippen LogP contribution is -2.23. The largest absolute Gasteiger partial charge is 0.503 e. The minimum atomic E-state index is -0.367. The Bertz CT molecular complexity index is 409. The molecule has 0 fully saturated rings. The molecule has 0 aliphatic rings. The monoisotopic (exact) mass is 225 g/mol. The standard InChI is InChI=1S/C12H19NO3/c1-4-9-12(16)11(15)5-6-13(9)10(7-14)8(2)3/h5-6,8,10,14,16H,4,7H2,1-3H3/t10-/m0/s1. The van der Waals surface area contributed by atoms with E-state index in [-0.39, 0.29) is 29.7 Å². The second-order valence-electron chi connectivity index (χ2n) is 4.23. The maximum atomic E-state index is 11.3. The summed E-state index contributed by atoms with van der Waals surface area (Å²) >= 11 is 0. The molecule has 90 valence electrons. The van der Waals surface area contributed by atoms with Crippen molar-refractivity contribution in [1.29, 1.82) is 0 Å². The number of pyridine rings is 1. The summed E-state index contributed by atoms with van der Waals surface area (Å²) in [5, 5.41) is 19.0. The van der Waals surface area contributed by atoms with E-state index >= 15 is 0 Å². The van der Waals surface area contributed by atoms with Crippen LogP contribution in [0.25, 0.3) is 0 Å². The van der Waals surface area contributed by atoms with Crippen LogP contribution in [0.1, 0.15) is 32.5 Å². The molecule has 1 atom stereocenters. The Morgan fingerprint density at radius 1 is 1.44 bits per heavy atom. The number of nitrogens with zero attached hydrogens (tertiary/aromatic N) is 1. The third kappa shape index (κ3) is 2.27. The number of aromatic hydroxyl groups is 1. The first kappa shape index (κ1) is 12.8. The highest BCUT2D eigenvalue weighted by atomic mass is 16.3. The summed E-state index contributed by atoms with van der Waals surface area (Å²) in [6, 6.07) is 1.22. The highest BCUT2D eigenvalue weighted by Gasteiger charge is 2.18. The van der Waals surface area contributed by atoms with Gasteiger partial charge in [0.15, 0.2) is 5.75 Å². The summed E-state index contributed by atoms with van der Waals surface area (Å²) in [6.07, 6.45) is 2.20. The van der Waals surface area contributed by atoms with Crippen molar-refractivity contribution in [2.45, 2.75) is 33.2 Å². The number of hydrogen-bond donors (Lipinski definition) is 2. The van der Waals surface area contributed by atoms with E-state index in [1.165, 1.54) is 6.07 Å². The number of aliphatic hydroxyl groups excluding tert-OH is 1. The van der Waals surface area contributed by atoms with Gasteiger partial charge in [-0.15, -0.1) is 0 Å². The van der Waals surface area contributed by atoms with Crippen molar-refractivity contribution in [3.05, 3.63) is 28.2 Å². The van der Waals surface area contributed by atoms with Crippen LogP contribution in [-0.4, -0.2) is 21.4 Å². The molecule has 1 heterocycles. The van der Waals surface area contributed by atoms with Crippen LogP contribution in [-0.2, 0) is 6.42 Å². The van der Waals surface area contributed by atoms with Crippen molar-refractivity contribution in [3.63, 3.8) is 0 Å². The molecule has 0 amide bonds. The lowest BCUT2D eigenvalue weighted by Gasteiger charge is -2.25. The fourth-order valence-electron chi connectivity index (χ4n) is 1.86. The van der Waals surface area contributed by atoms with E-state index in [0.717, 1.165) is 0 Å². The molecule has 0 unspecified atom stereocenters. The van der Waals surface area contributed by atoms with Crippen LogP contribution in [0.3, 0.4) is 0 Å². The van der Waals surface area contributed by atoms with E-state index in [1.807, 2.05) is 20.8 Å². The van der Waals surface area contributed by atoms with Gasteiger partial charge in [0.05, 0.1) is 18.3 Å². The Kier molecular flexibility index (Phi) is 4.12. The molecule has 0 aromatic carbocycles. The van der Waals surface area contributed by atoms with E-state index < -0.39 is 0 Å². The van der Waals surface area contributed by atoms with Crippen LogP contribution in [0.5, 0.6) is 5.75 Å². The fraction of sp³-hybridized carbons (Fsp3) is 0.583. The minimum Gasteiger partial charge on any atom is -0.503 e. The topological polar surface area (TPSA) is 62.5 Å². The van der Waals surface area contributed by atoms with Crippen molar-refractivity contribution < 1.29 is 10.2 Å². The van der Waals surface area contributed by atoms with Crippen LogP contribution in [0.4, 0.5) is 0 Å². The average Bonchev–Trinajstić information content (AvgIpc) is 2.24. The molecule has 2 N–H and O–H groups in total. The van der Waals surface area contributed by atoms with Gasteiger partial charge in [0.25, 0.3) is 0 Å². The van der Waals surface area contributed by atoms with Crippen molar-refractivity contribution in [2.24, 2.45) is 5.92 Å². The molecule has 4 nitrogen and oxygen atoms in total. The summed E-state index contributed by atoms with van der Waals surface area (Å²) in [6.45, 7) is 5.86. The summed E-state index contributed by atoms with van der Waals surface area (Å²) in [7, 11) is 0. The number of aliphatic hydroxyl groups is 1. The van der Waals surface area contributed by atoms with Crippen molar-refractivity contribution in [1.82, 2.24) is 4.57 Å². The molecule has 0 saturated carbocycles. The number of aromatic nitrogens is 1. The molecule has 0 bridgehead atoms. The minimum absolute atomic E-state index is 0.00697. The summed E-state index contributed by atoms with van der Waals surface area (Å²) in [5.41, 5.74) is 0.216. The van der Waals surface area contributed by atoms with Gasteiger partial charge in [-0.2, -0.15) is 0 Å². The lowest BCUT2D eigenvalue weighted by atomic mass is 10.0. The van der Waals surface area contributed by atoms with E-state index in [4.69, 9.17) is 0 Å². The Morgan fingerprint density at radius 3 is 2.50 bits per heavy atom. The molecule has 1 rings (SSSR count). The van der Waals surface area contributed by atoms with Gasteiger partial charge in [-0.3, -0.25) is 4.79 Å². The highest BCUT2D eigenvalue weighted by Crippen LogP contribution is 2.22. The third-order valence-electron chi connectivity index (χ3n) is 2.85. The van der Waals surface area contributed by atoms with Gasteiger partial charge in [-0.1, -0.05) is 20.8 Å². The van der Waals surface area contributed by atoms with Gasteiger partial charge < -0.3 is 14.8 Å². The van der Waals surface area contributed by atoms with E-state index in [1.54, 1.807) is 10.8 Å². The van der Waals surface area contributed by atoms with Crippen LogP contribution in [0.2, 0.25) is 0 Å². The molecule has 0 radical (unpaired) electrons. The van der Waals surface area contributed by atoms with E-state index in [2.05, 4.69) is 0 Å². The zero-order valence-corrected chi connectivity index (χ0v) is 9.97. The normalized spacial score (nSPS) is 13.1. The van der Waals surface area contributed by atoms with E-state index in [0.29, 0.717) is 12.1 Å². The molecule has 0 aliphatic heterocycles. The Morgan fingerprint density at radius 2 is 2.06 bits per heavy atom. The fourth-order valence-corrected chi connectivity index (χ4v) is 1.86. The van der Waals surface area contributed by atoms with Gasteiger partial charge in [0, 0.05) is 12.3 Å². The Balaban J connectivity index is 3.33. The van der Waals surface area contributed by atoms with Crippen molar-refractivity contribution in [3.8, 4) is 5.75 Å². The lowest BCUT2D eigenvalue weighted by molar-refractivity contribution is 0.189. The van der Waals surface area contributed by atoms with Crippen molar-refractivity contribution in [2.75, 3.05) is 6.61 Å². The van der Waals surface area contributed by atoms with E-state index in [9.17, 15) is 15.0 Å². The third-order valence-corrected chi connectivity index (χ3v) is 2.85. The van der Waals surface area contributed by atoms with Crippen LogP contribution < -0.4 is 5.43 Å². The molecular formula is C12H19NO3. The van der Waals surface area contributed by atoms with Crippen LogP contribution in [0.15, 0.2) is 17.1 Å². The predicted molar refractivity (Wildman–Crippen MR) is 62.7 cm³/mol. The Hall–Kier alpha value is -1.29. The second kappa shape index (κ2) is 5.16. The average molecular weight is 225 g/mol. The first-order valence-electron chi connectivity index (χ1n) is 5.56. The van der Waals surface area contributed by atoms with Gasteiger partial charge in [0.1, 0.15) is 0 Å². The zero-order valence-electron chi connectivity index (χ0n) is 9.97.